The zero-order valence-electron chi connectivity index (χ0n) is 13.6. The Morgan fingerprint density at radius 2 is 1.73 bits per heavy atom. The minimum Gasteiger partial charge on any atom is -0.0680 e. The van der Waals surface area contributed by atoms with Crippen molar-refractivity contribution in [2.24, 2.45) is 0 Å². The smallest absolute Gasteiger partial charge is 0.0680 e. The molecule has 0 N–H and O–H groups in total. The number of benzene rings is 2. The van der Waals surface area contributed by atoms with Crippen molar-refractivity contribution in [1.82, 2.24) is 0 Å². The molecule has 0 amide bonds. The average molecular weight is 305 g/mol. The van der Waals surface area contributed by atoms with E-state index in [1.807, 2.05) is 0 Å². The fourth-order valence-electron chi connectivity index (χ4n) is 3.27. The predicted octanol–water partition coefficient (Wildman–Crippen LogP) is 4.91. The van der Waals surface area contributed by atoms with E-state index in [4.69, 9.17) is 0 Å². The molecule has 2 aromatic rings. The zero-order valence-corrected chi connectivity index (χ0v) is 14.6. The number of hydrogen-bond donors (Lipinski definition) is 0. The quantitative estimate of drug-likeness (QED) is 0.525. The highest BCUT2D eigenvalue weighted by Gasteiger charge is 2.23. The van der Waals surface area contributed by atoms with Crippen molar-refractivity contribution in [2.45, 2.75) is 45.1 Å². The number of fused-ring (bicyclic) bond motifs is 1. The number of hydrogen-bond acceptors (Lipinski definition) is 0. The third-order valence-corrected chi connectivity index (χ3v) is 6.37. The Morgan fingerprint density at radius 3 is 2.59 bits per heavy atom. The van der Waals surface area contributed by atoms with E-state index in [9.17, 15) is 0 Å². The van der Waals surface area contributed by atoms with E-state index in [2.05, 4.69) is 68.5 Å². The van der Waals surface area contributed by atoms with Gasteiger partial charge in [0.25, 0.3) is 0 Å². The second-order valence-electron chi connectivity index (χ2n) is 6.21. The maximum Gasteiger partial charge on any atom is 0.0948 e. The van der Waals surface area contributed by atoms with E-state index in [1.54, 1.807) is 10.8 Å². The van der Waals surface area contributed by atoms with Crippen molar-refractivity contribution in [1.29, 1.82) is 0 Å². The Kier molecular flexibility index (Phi) is 4.94. The van der Waals surface area contributed by atoms with Crippen molar-refractivity contribution in [3.63, 3.8) is 0 Å². The van der Waals surface area contributed by atoms with Crippen LogP contribution in [0.4, 0.5) is 0 Å². The molecule has 0 saturated carbocycles. The largest absolute Gasteiger partial charge is 0.0948 e. The summed E-state index contributed by atoms with van der Waals surface area (Å²) in [6.45, 7) is 4.56. The number of unbranched alkanes of at least 4 members (excludes halogenated alkanes) is 2. The van der Waals surface area contributed by atoms with Crippen molar-refractivity contribution in [3.05, 3.63) is 70.8 Å². The van der Waals surface area contributed by atoms with Crippen LogP contribution in [0.1, 0.15) is 55.3 Å². The molecule has 1 unspecified atom stereocenters. The van der Waals surface area contributed by atoms with E-state index in [-0.39, 0.29) is 0 Å². The Hall–Kier alpha value is -1.60. The highest BCUT2D eigenvalue weighted by atomic mass is 28.2. The fourth-order valence-corrected chi connectivity index (χ4v) is 4.90. The van der Waals surface area contributed by atoms with Crippen LogP contribution in [0.5, 0.6) is 0 Å². The van der Waals surface area contributed by atoms with Gasteiger partial charge in [0.2, 0.25) is 0 Å². The lowest BCUT2D eigenvalue weighted by Crippen LogP contribution is -2.25. The first-order chi connectivity index (χ1) is 10.8. The molecule has 0 bridgehead atoms. The Labute approximate surface area is 137 Å². The maximum absolute atomic E-state index is 2.37. The van der Waals surface area contributed by atoms with Crippen LogP contribution in [0.2, 0.25) is 0 Å². The van der Waals surface area contributed by atoms with Crippen LogP contribution in [-0.2, 0) is 6.42 Å². The normalized spacial score (nSPS) is 16.5. The van der Waals surface area contributed by atoms with Crippen LogP contribution in [0.25, 0.3) is 6.08 Å². The molecule has 0 saturated heterocycles. The van der Waals surface area contributed by atoms with E-state index < -0.39 is 0 Å². The number of rotatable bonds is 6. The van der Waals surface area contributed by atoms with Crippen LogP contribution >= 0.6 is 0 Å². The van der Waals surface area contributed by atoms with Crippen LogP contribution in [0.3, 0.4) is 0 Å². The molecule has 2 radical (unpaired) electrons. The minimum absolute atomic E-state index is 0.587. The van der Waals surface area contributed by atoms with Gasteiger partial charge in [0, 0.05) is 5.54 Å². The molecule has 0 nitrogen and oxygen atoms in total. The van der Waals surface area contributed by atoms with Gasteiger partial charge in [-0.05, 0) is 36.5 Å². The van der Waals surface area contributed by atoms with Crippen LogP contribution in [-0.4, -0.2) is 9.52 Å². The molecule has 1 heteroatoms. The Balaban J connectivity index is 1.80. The first kappa shape index (κ1) is 15.3. The minimum atomic E-state index is 0.587. The second-order valence-corrected chi connectivity index (χ2v) is 7.61. The average Bonchev–Trinajstić information content (AvgIpc) is 2.85. The summed E-state index contributed by atoms with van der Waals surface area (Å²) in [6, 6.07) is 17.9. The van der Waals surface area contributed by atoms with E-state index >= 15 is 0 Å². The van der Waals surface area contributed by atoms with Crippen LogP contribution in [0.15, 0.2) is 54.1 Å². The summed E-state index contributed by atoms with van der Waals surface area (Å²) >= 11 is 0. The van der Waals surface area contributed by atoms with Gasteiger partial charge < -0.3 is 0 Å². The number of aryl methyl sites for hydroxylation is 1. The Morgan fingerprint density at radius 1 is 0.955 bits per heavy atom. The van der Waals surface area contributed by atoms with Crippen molar-refractivity contribution in [3.8, 4) is 0 Å². The zero-order chi connectivity index (χ0) is 15.4. The summed E-state index contributed by atoms with van der Waals surface area (Å²) in [7, 11) is 0.848. The highest BCUT2D eigenvalue weighted by molar-refractivity contribution is 6.56. The first-order valence-electron chi connectivity index (χ1n) is 8.41. The van der Waals surface area contributed by atoms with Crippen LogP contribution in [0, 0.1) is 0 Å². The molecule has 112 valence electrons. The molecule has 1 aliphatic carbocycles. The molecule has 0 spiro atoms. The van der Waals surface area contributed by atoms with Crippen molar-refractivity contribution >= 4 is 20.8 Å². The third kappa shape index (κ3) is 3.25. The van der Waals surface area contributed by atoms with E-state index in [0.29, 0.717) is 5.54 Å². The summed E-state index contributed by atoms with van der Waals surface area (Å²) in [5, 5.41) is 1.56. The van der Waals surface area contributed by atoms with Gasteiger partial charge in [-0.15, -0.1) is 0 Å². The Bertz CT molecular complexity index is 669. The van der Waals surface area contributed by atoms with Gasteiger partial charge in [-0.2, -0.15) is 0 Å². The lowest BCUT2D eigenvalue weighted by molar-refractivity contribution is 0.719. The van der Waals surface area contributed by atoms with Crippen molar-refractivity contribution in [2.75, 3.05) is 0 Å². The maximum atomic E-state index is 2.37. The summed E-state index contributed by atoms with van der Waals surface area (Å²) < 4.78 is 0. The highest BCUT2D eigenvalue weighted by Crippen LogP contribution is 2.34. The van der Waals surface area contributed by atoms with Crippen LogP contribution < -0.4 is 5.19 Å². The molecule has 0 aromatic heterocycles. The first-order valence-corrected chi connectivity index (χ1v) is 9.49. The molecular weight excluding hydrogens is 280 g/mol. The molecule has 0 aliphatic heterocycles. The van der Waals surface area contributed by atoms with Gasteiger partial charge in [-0.3, -0.25) is 0 Å². The van der Waals surface area contributed by atoms with Crippen molar-refractivity contribution < 1.29 is 0 Å². The molecule has 1 aliphatic rings. The van der Waals surface area contributed by atoms with E-state index in [0.717, 1.165) is 9.52 Å². The fraction of sp³-hybridized carbons (Fsp3) is 0.333. The molecule has 2 aromatic carbocycles. The lowest BCUT2D eigenvalue weighted by Gasteiger charge is -2.16. The van der Waals surface area contributed by atoms with Gasteiger partial charge >= 0.3 is 0 Å². The molecular formula is C21H24Si. The SMILES string of the molecule is CCCCCc1ccccc1[Si]C1C(C)=Cc2ccccc21. The molecule has 1 atom stereocenters. The van der Waals surface area contributed by atoms with Gasteiger partial charge in [-0.25, -0.2) is 0 Å². The summed E-state index contributed by atoms with van der Waals surface area (Å²) in [5.74, 6) is 0. The van der Waals surface area contributed by atoms with Gasteiger partial charge in [-0.1, -0.05) is 85.1 Å². The predicted molar refractivity (Wildman–Crippen MR) is 97.9 cm³/mol. The second kappa shape index (κ2) is 7.10. The molecule has 22 heavy (non-hydrogen) atoms. The standard InChI is InChI=1S/C21H24Si/c1-3-4-5-10-17-11-7-9-14-20(17)22-21-16(2)15-18-12-6-8-13-19(18)21/h6-9,11-15,21H,3-5,10H2,1-2H3. The summed E-state index contributed by atoms with van der Waals surface area (Å²) in [5.41, 5.74) is 6.60. The van der Waals surface area contributed by atoms with E-state index in [1.165, 1.54) is 42.4 Å². The summed E-state index contributed by atoms with van der Waals surface area (Å²) in [6.07, 6.45) is 7.54. The van der Waals surface area contributed by atoms with Gasteiger partial charge in [0.05, 0.1) is 9.52 Å². The van der Waals surface area contributed by atoms with Gasteiger partial charge in [0.1, 0.15) is 0 Å². The summed E-state index contributed by atoms with van der Waals surface area (Å²) in [4.78, 5) is 0. The monoisotopic (exact) mass is 304 g/mol. The molecule has 3 rings (SSSR count). The topological polar surface area (TPSA) is 0 Å². The third-order valence-electron chi connectivity index (χ3n) is 4.51. The number of allylic oxidation sites excluding steroid dienone is 1. The molecule has 0 heterocycles. The lowest BCUT2D eigenvalue weighted by atomic mass is 10.1. The van der Waals surface area contributed by atoms with Gasteiger partial charge in [0.15, 0.2) is 0 Å². The molecule has 0 fully saturated rings.